The maximum Gasteiger partial charge on any atom is 0.113 e. The average Bonchev–Trinajstić information content (AvgIpc) is 2.41. The van der Waals surface area contributed by atoms with Crippen LogP contribution in [0.2, 0.25) is 0 Å². The minimum Gasteiger partial charge on any atom is -0.466 e. The summed E-state index contributed by atoms with van der Waals surface area (Å²) < 4.78 is 5.58. The van der Waals surface area contributed by atoms with E-state index in [1.165, 1.54) is 0 Å². The molecular formula is C11H15NO2. The molecule has 3 heteroatoms. The van der Waals surface area contributed by atoms with Gasteiger partial charge in [-0.2, -0.15) is 0 Å². The minimum atomic E-state index is 0.124. The fourth-order valence-corrected chi connectivity index (χ4v) is 2.07. The van der Waals surface area contributed by atoms with Crippen LogP contribution in [0.15, 0.2) is 15.6 Å². The summed E-state index contributed by atoms with van der Waals surface area (Å²) in [4.78, 5) is 0. The van der Waals surface area contributed by atoms with E-state index in [0.29, 0.717) is 0 Å². The van der Waals surface area contributed by atoms with Crippen molar-refractivity contribution in [2.75, 3.05) is 0 Å². The van der Waals surface area contributed by atoms with Gasteiger partial charge >= 0.3 is 0 Å². The van der Waals surface area contributed by atoms with Crippen LogP contribution in [0.3, 0.4) is 0 Å². The zero-order chi connectivity index (χ0) is 10.3. The van der Waals surface area contributed by atoms with Gasteiger partial charge in [-0.3, -0.25) is 0 Å². The van der Waals surface area contributed by atoms with Gasteiger partial charge < -0.3 is 9.62 Å². The van der Waals surface area contributed by atoms with Crippen LogP contribution < -0.4 is 0 Å². The molecule has 3 nitrogen and oxygen atoms in total. The second-order valence-electron chi connectivity index (χ2n) is 4.76. The van der Waals surface area contributed by atoms with Crippen LogP contribution >= 0.6 is 0 Å². The standard InChI is InChI=1S/C11H15NO2/c1-7-4-8-9(12-13)5-11(2,3)6-10(8)14-7/h4,13H,5-6H2,1-3H3/b12-9+. The highest BCUT2D eigenvalue weighted by Gasteiger charge is 2.32. The molecule has 1 aliphatic carbocycles. The van der Waals surface area contributed by atoms with E-state index in [4.69, 9.17) is 9.62 Å². The first-order valence-corrected chi connectivity index (χ1v) is 4.82. The van der Waals surface area contributed by atoms with Crippen molar-refractivity contribution in [1.82, 2.24) is 0 Å². The molecule has 2 rings (SSSR count). The molecule has 0 bridgehead atoms. The third-order valence-electron chi connectivity index (χ3n) is 2.65. The maximum absolute atomic E-state index is 8.93. The number of fused-ring (bicyclic) bond motifs is 1. The summed E-state index contributed by atoms with van der Waals surface area (Å²) >= 11 is 0. The smallest absolute Gasteiger partial charge is 0.113 e. The van der Waals surface area contributed by atoms with E-state index in [0.717, 1.165) is 35.6 Å². The number of hydrogen-bond donors (Lipinski definition) is 1. The van der Waals surface area contributed by atoms with Gasteiger partial charge in [-0.1, -0.05) is 19.0 Å². The Morgan fingerprint density at radius 1 is 1.43 bits per heavy atom. The molecule has 0 saturated carbocycles. The summed E-state index contributed by atoms with van der Waals surface area (Å²) in [5, 5.41) is 12.3. The van der Waals surface area contributed by atoms with Crippen LogP contribution in [0, 0.1) is 12.3 Å². The normalized spacial score (nSPS) is 22.4. The molecule has 0 fully saturated rings. The molecular weight excluding hydrogens is 178 g/mol. The van der Waals surface area contributed by atoms with Crippen molar-refractivity contribution in [2.45, 2.75) is 33.6 Å². The fraction of sp³-hybridized carbons (Fsp3) is 0.545. The van der Waals surface area contributed by atoms with Gasteiger partial charge in [0.15, 0.2) is 0 Å². The molecule has 14 heavy (non-hydrogen) atoms. The van der Waals surface area contributed by atoms with Gasteiger partial charge in [-0.15, -0.1) is 0 Å². The summed E-state index contributed by atoms with van der Waals surface area (Å²) in [6.45, 7) is 6.22. The van der Waals surface area contributed by atoms with Crippen molar-refractivity contribution >= 4 is 5.71 Å². The quantitative estimate of drug-likeness (QED) is 0.508. The first kappa shape index (κ1) is 9.31. The third kappa shape index (κ3) is 1.43. The predicted molar refractivity (Wildman–Crippen MR) is 53.9 cm³/mol. The zero-order valence-electron chi connectivity index (χ0n) is 8.79. The Kier molecular flexibility index (Phi) is 1.91. The highest BCUT2D eigenvalue weighted by Crippen LogP contribution is 2.36. The van der Waals surface area contributed by atoms with Crippen molar-refractivity contribution in [2.24, 2.45) is 10.6 Å². The molecule has 0 spiro atoms. The Bertz CT molecular complexity index is 388. The van der Waals surface area contributed by atoms with Gasteiger partial charge in [-0.25, -0.2) is 0 Å². The van der Waals surface area contributed by atoms with Crippen molar-refractivity contribution in [3.8, 4) is 0 Å². The van der Waals surface area contributed by atoms with Crippen molar-refractivity contribution in [3.63, 3.8) is 0 Å². The Labute approximate surface area is 83.4 Å². The van der Waals surface area contributed by atoms with Crippen LogP contribution in [0.1, 0.15) is 37.4 Å². The summed E-state index contributed by atoms with van der Waals surface area (Å²) in [6.07, 6.45) is 1.71. The number of furan rings is 1. The molecule has 1 aliphatic rings. The second-order valence-corrected chi connectivity index (χ2v) is 4.76. The van der Waals surface area contributed by atoms with Crippen molar-refractivity contribution in [1.29, 1.82) is 0 Å². The first-order valence-electron chi connectivity index (χ1n) is 4.82. The SMILES string of the molecule is Cc1cc2c(o1)CC(C)(C)C/C2=N\O. The van der Waals surface area contributed by atoms with E-state index in [1.807, 2.05) is 13.0 Å². The number of rotatable bonds is 0. The Hall–Kier alpha value is -1.25. The van der Waals surface area contributed by atoms with E-state index in [-0.39, 0.29) is 5.41 Å². The molecule has 0 radical (unpaired) electrons. The Morgan fingerprint density at radius 2 is 2.14 bits per heavy atom. The van der Waals surface area contributed by atoms with Gasteiger partial charge in [0.25, 0.3) is 0 Å². The summed E-state index contributed by atoms with van der Waals surface area (Å²) in [6, 6.07) is 1.94. The molecule has 0 saturated heterocycles. The van der Waals surface area contributed by atoms with Crippen LogP contribution in [-0.2, 0) is 6.42 Å². The molecule has 0 aromatic carbocycles. The fourth-order valence-electron chi connectivity index (χ4n) is 2.07. The minimum absolute atomic E-state index is 0.124. The monoisotopic (exact) mass is 193 g/mol. The second kappa shape index (κ2) is 2.87. The van der Waals surface area contributed by atoms with E-state index >= 15 is 0 Å². The molecule has 1 aromatic rings. The molecule has 1 heterocycles. The highest BCUT2D eigenvalue weighted by atomic mass is 16.4. The lowest BCUT2D eigenvalue weighted by atomic mass is 9.76. The van der Waals surface area contributed by atoms with Crippen LogP contribution in [0.5, 0.6) is 0 Å². The van der Waals surface area contributed by atoms with Gasteiger partial charge in [-0.05, 0) is 24.8 Å². The number of oxime groups is 1. The molecule has 0 unspecified atom stereocenters. The van der Waals surface area contributed by atoms with E-state index in [9.17, 15) is 0 Å². The van der Waals surface area contributed by atoms with Gasteiger partial charge in [0.05, 0.1) is 5.71 Å². The summed E-state index contributed by atoms with van der Waals surface area (Å²) in [5.74, 6) is 1.83. The number of nitrogens with zero attached hydrogens (tertiary/aromatic N) is 1. The first-order chi connectivity index (χ1) is 6.52. The molecule has 1 aromatic heterocycles. The van der Waals surface area contributed by atoms with Gasteiger partial charge in [0.1, 0.15) is 11.5 Å². The predicted octanol–water partition coefficient (Wildman–Crippen LogP) is 2.74. The maximum atomic E-state index is 8.93. The lowest BCUT2D eigenvalue weighted by Crippen LogP contribution is -2.26. The largest absolute Gasteiger partial charge is 0.466 e. The molecule has 0 aliphatic heterocycles. The molecule has 0 atom stereocenters. The Morgan fingerprint density at radius 3 is 2.79 bits per heavy atom. The summed E-state index contributed by atoms with van der Waals surface area (Å²) in [7, 11) is 0. The summed E-state index contributed by atoms with van der Waals surface area (Å²) in [5.41, 5.74) is 1.84. The van der Waals surface area contributed by atoms with Gasteiger partial charge in [0.2, 0.25) is 0 Å². The van der Waals surface area contributed by atoms with Crippen molar-refractivity contribution < 1.29 is 9.62 Å². The zero-order valence-corrected chi connectivity index (χ0v) is 8.79. The topological polar surface area (TPSA) is 45.7 Å². The van der Waals surface area contributed by atoms with Crippen molar-refractivity contribution in [3.05, 3.63) is 23.2 Å². The lowest BCUT2D eigenvalue weighted by Gasteiger charge is -2.28. The van der Waals surface area contributed by atoms with E-state index in [2.05, 4.69) is 19.0 Å². The molecule has 0 amide bonds. The highest BCUT2D eigenvalue weighted by molar-refractivity contribution is 6.02. The van der Waals surface area contributed by atoms with Crippen LogP contribution in [0.25, 0.3) is 0 Å². The molecule has 76 valence electrons. The molecule has 1 N–H and O–H groups in total. The Balaban J connectivity index is 2.51. The van der Waals surface area contributed by atoms with Crippen LogP contribution in [0.4, 0.5) is 0 Å². The van der Waals surface area contributed by atoms with E-state index < -0.39 is 0 Å². The number of hydrogen-bond acceptors (Lipinski definition) is 3. The third-order valence-corrected chi connectivity index (χ3v) is 2.65. The van der Waals surface area contributed by atoms with Crippen LogP contribution in [-0.4, -0.2) is 10.9 Å². The average molecular weight is 193 g/mol. The number of aryl methyl sites for hydroxylation is 1. The van der Waals surface area contributed by atoms with Gasteiger partial charge in [0, 0.05) is 12.0 Å². The lowest BCUT2D eigenvalue weighted by molar-refractivity contribution is 0.297. The van der Waals surface area contributed by atoms with E-state index in [1.54, 1.807) is 0 Å².